The highest BCUT2D eigenvalue weighted by atomic mass is 35.5. The zero-order chi connectivity index (χ0) is 14.0. The number of anilines is 2. The SMILES string of the molecule is Nc1cc(F)cc(NS(=O)(=O)c2cccc(Cl)c2)c1. The van der Waals surface area contributed by atoms with Gasteiger partial charge < -0.3 is 5.73 Å². The number of nitrogens with two attached hydrogens (primary N) is 1. The Labute approximate surface area is 115 Å². The van der Waals surface area contributed by atoms with Crippen molar-refractivity contribution in [1.29, 1.82) is 0 Å². The van der Waals surface area contributed by atoms with Gasteiger partial charge in [0.2, 0.25) is 0 Å². The van der Waals surface area contributed by atoms with Crippen molar-refractivity contribution in [2.75, 3.05) is 10.5 Å². The summed E-state index contributed by atoms with van der Waals surface area (Å²) in [5.41, 5.74) is 5.63. The van der Waals surface area contributed by atoms with E-state index in [0.29, 0.717) is 5.02 Å². The number of nitrogen functional groups attached to an aromatic ring is 1. The number of halogens is 2. The Hall–Kier alpha value is -1.79. The molecule has 0 saturated heterocycles. The van der Waals surface area contributed by atoms with Crippen LogP contribution in [0, 0.1) is 5.82 Å². The van der Waals surface area contributed by atoms with Crippen molar-refractivity contribution < 1.29 is 12.8 Å². The summed E-state index contributed by atoms with van der Waals surface area (Å²) in [4.78, 5) is -0.0113. The summed E-state index contributed by atoms with van der Waals surface area (Å²) in [6.45, 7) is 0. The topological polar surface area (TPSA) is 72.2 Å². The van der Waals surface area contributed by atoms with Crippen LogP contribution in [0.15, 0.2) is 47.4 Å². The molecule has 0 aliphatic heterocycles. The molecule has 3 N–H and O–H groups in total. The van der Waals surface area contributed by atoms with Gasteiger partial charge in [0.05, 0.1) is 10.6 Å². The molecule has 7 heteroatoms. The first-order valence-corrected chi connectivity index (χ1v) is 7.07. The van der Waals surface area contributed by atoms with Crippen molar-refractivity contribution in [3.05, 3.63) is 53.3 Å². The smallest absolute Gasteiger partial charge is 0.261 e. The first-order valence-electron chi connectivity index (χ1n) is 5.21. The van der Waals surface area contributed by atoms with Crippen LogP contribution in [0.2, 0.25) is 5.02 Å². The van der Waals surface area contributed by atoms with Crippen LogP contribution in [-0.2, 0) is 10.0 Å². The van der Waals surface area contributed by atoms with Gasteiger partial charge in [-0.15, -0.1) is 0 Å². The minimum atomic E-state index is -3.83. The zero-order valence-corrected chi connectivity index (χ0v) is 11.2. The predicted molar refractivity (Wildman–Crippen MR) is 73.1 cm³/mol. The van der Waals surface area contributed by atoms with E-state index in [9.17, 15) is 12.8 Å². The summed E-state index contributed by atoms with van der Waals surface area (Å²) >= 11 is 5.73. The van der Waals surface area contributed by atoms with Gasteiger partial charge in [-0.1, -0.05) is 17.7 Å². The molecule has 0 atom stereocenters. The van der Waals surface area contributed by atoms with Gasteiger partial charge in [0.15, 0.2) is 0 Å². The third-order valence-corrected chi connectivity index (χ3v) is 3.89. The summed E-state index contributed by atoms with van der Waals surface area (Å²) in [5, 5.41) is 0.293. The Bertz CT molecular complexity index is 699. The molecular formula is C12H10ClFN2O2S. The second-order valence-corrected chi connectivity index (χ2v) is 5.95. The third-order valence-electron chi connectivity index (χ3n) is 2.28. The summed E-state index contributed by atoms with van der Waals surface area (Å²) in [5.74, 6) is -0.621. The van der Waals surface area contributed by atoms with Crippen molar-refractivity contribution in [3.63, 3.8) is 0 Å². The summed E-state index contributed by atoms with van der Waals surface area (Å²) in [6, 6.07) is 9.21. The number of sulfonamides is 1. The van der Waals surface area contributed by atoms with Gasteiger partial charge in [-0.3, -0.25) is 4.72 Å². The maximum absolute atomic E-state index is 13.1. The molecule has 0 amide bonds. The van der Waals surface area contributed by atoms with Gasteiger partial charge in [-0.2, -0.15) is 0 Å². The number of rotatable bonds is 3. The Kier molecular flexibility index (Phi) is 3.64. The highest BCUT2D eigenvalue weighted by Gasteiger charge is 2.15. The molecule has 0 fully saturated rings. The average Bonchev–Trinajstić information content (AvgIpc) is 2.26. The summed E-state index contributed by atoms with van der Waals surface area (Å²) in [6.07, 6.45) is 0. The van der Waals surface area contributed by atoms with Gasteiger partial charge in [0, 0.05) is 10.7 Å². The monoisotopic (exact) mass is 300 g/mol. The van der Waals surface area contributed by atoms with E-state index < -0.39 is 15.8 Å². The molecule has 100 valence electrons. The molecule has 0 heterocycles. The zero-order valence-electron chi connectivity index (χ0n) is 9.60. The molecule has 0 bridgehead atoms. The lowest BCUT2D eigenvalue weighted by molar-refractivity contribution is 0.601. The molecular weight excluding hydrogens is 291 g/mol. The highest BCUT2D eigenvalue weighted by Crippen LogP contribution is 2.21. The molecule has 19 heavy (non-hydrogen) atoms. The largest absolute Gasteiger partial charge is 0.399 e. The second-order valence-electron chi connectivity index (χ2n) is 3.84. The van der Waals surface area contributed by atoms with Gasteiger partial charge >= 0.3 is 0 Å². The summed E-state index contributed by atoms with van der Waals surface area (Å²) in [7, 11) is -3.83. The van der Waals surface area contributed by atoms with Gasteiger partial charge in [-0.25, -0.2) is 12.8 Å². The van der Waals surface area contributed by atoms with Gasteiger partial charge in [0.25, 0.3) is 10.0 Å². The van der Waals surface area contributed by atoms with Crippen molar-refractivity contribution in [3.8, 4) is 0 Å². The average molecular weight is 301 g/mol. The lowest BCUT2D eigenvalue weighted by Gasteiger charge is -2.09. The van der Waals surface area contributed by atoms with Crippen molar-refractivity contribution >= 4 is 33.0 Å². The van der Waals surface area contributed by atoms with E-state index in [4.69, 9.17) is 17.3 Å². The van der Waals surface area contributed by atoms with Gasteiger partial charge in [0.1, 0.15) is 5.82 Å². The van der Waals surface area contributed by atoms with E-state index in [2.05, 4.69) is 4.72 Å². The van der Waals surface area contributed by atoms with Crippen LogP contribution in [-0.4, -0.2) is 8.42 Å². The van der Waals surface area contributed by atoms with Crippen LogP contribution in [0.1, 0.15) is 0 Å². The Morgan fingerprint density at radius 3 is 2.53 bits per heavy atom. The number of nitrogens with one attached hydrogen (secondary N) is 1. The molecule has 0 unspecified atom stereocenters. The molecule has 0 spiro atoms. The standard InChI is InChI=1S/C12H10ClFN2O2S/c13-8-2-1-3-12(4-8)19(17,18)16-11-6-9(14)5-10(15)7-11/h1-7,16H,15H2. The molecule has 4 nitrogen and oxygen atoms in total. The van der Waals surface area contributed by atoms with Crippen molar-refractivity contribution in [2.24, 2.45) is 0 Å². The highest BCUT2D eigenvalue weighted by molar-refractivity contribution is 7.92. The molecule has 2 aromatic carbocycles. The molecule has 0 radical (unpaired) electrons. The van der Waals surface area contributed by atoms with E-state index in [1.54, 1.807) is 6.07 Å². The summed E-state index contributed by atoms with van der Waals surface area (Å²) < 4.78 is 39.5. The van der Waals surface area contributed by atoms with E-state index in [1.165, 1.54) is 24.3 Å². The number of hydrogen-bond donors (Lipinski definition) is 2. The Balaban J connectivity index is 2.36. The Morgan fingerprint density at radius 2 is 1.89 bits per heavy atom. The maximum Gasteiger partial charge on any atom is 0.261 e. The fourth-order valence-corrected chi connectivity index (χ4v) is 2.86. The van der Waals surface area contributed by atoms with Gasteiger partial charge in [-0.05, 0) is 36.4 Å². The lowest BCUT2D eigenvalue weighted by atomic mass is 10.3. The third kappa shape index (κ3) is 3.36. The first-order chi connectivity index (χ1) is 8.87. The molecule has 2 rings (SSSR count). The van der Waals surface area contributed by atoms with E-state index in [-0.39, 0.29) is 16.3 Å². The van der Waals surface area contributed by atoms with E-state index >= 15 is 0 Å². The van der Waals surface area contributed by atoms with E-state index in [0.717, 1.165) is 12.1 Å². The molecule has 0 aliphatic rings. The van der Waals surface area contributed by atoms with Crippen molar-refractivity contribution in [2.45, 2.75) is 4.90 Å². The normalized spacial score (nSPS) is 11.3. The van der Waals surface area contributed by atoms with Crippen LogP contribution < -0.4 is 10.5 Å². The van der Waals surface area contributed by atoms with Crippen LogP contribution in [0.4, 0.5) is 15.8 Å². The van der Waals surface area contributed by atoms with Crippen LogP contribution in [0.3, 0.4) is 0 Å². The fourth-order valence-electron chi connectivity index (χ4n) is 1.52. The van der Waals surface area contributed by atoms with E-state index in [1.807, 2.05) is 0 Å². The minimum Gasteiger partial charge on any atom is -0.399 e. The molecule has 0 saturated carbocycles. The van der Waals surface area contributed by atoms with Crippen molar-refractivity contribution in [1.82, 2.24) is 0 Å². The number of hydrogen-bond acceptors (Lipinski definition) is 3. The van der Waals surface area contributed by atoms with Crippen LogP contribution in [0.25, 0.3) is 0 Å². The second kappa shape index (κ2) is 5.07. The lowest BCUT2D eigenvalue weighted by Crippen LogP contribution is -2.13. The Morgan fingerprint density at radius 1 is 1.16 bits per heavy atom. The first kappa shape index (κ1) is 13.6. The maximum atomic E-state index is 13.1. The van der Waals surface area contributed by atoms with Crippen LogP contribution >= 0.6 is 11.6 Å². The molecule has 0 aromatic heterocycles. The van der Waals surface area contributed by atoms with Crippen LogP contribution in [0.5, 0.6) is 0 Å². The number of benzene rings is 2. The quantitative estimate of drug-likeness (QED) is 0.856. The predicted octanol–water partition coefficient (Wildman–Crippen LogP) is 2.86. The molecule has 2 aromatic rings. The minimum absolute atomic E-state index is 0.0113. The fraction of sp³-hybridized carbons (Fsp3) is 0. The molecule has 0 aliphatic carbocycles.